The zero-order chi connectivity index (χ0) is 10.8. The maximum atomic E-state index is 10.7. The van der Waals surface area contributed by atoms with Crippen LogP contribution in [0.4, 0.5) is 0 Å². The Hall–Kier alpha value is -1.51. The molecule has 1 fully saturated rings. The van der Waals surface area contributed by atoms with Gasteiger partial charge >= 0.3 is 5.97 Å². The number of aliphatic carboxylic acids is 1. The van der Waals surface area contributed by atoms with Crippen molar-refractivity contribution in [3.05, 3.63) is 29.8 Å². The molecule has 0 saturated heterocycles. The fourth-order valence-electron chi connectivity index (χ4n) is 1.81. The van der Waals surface area contributed by atoms with Crippen LogP contribution in [0.5, 0.6) is 5.75 Å². The Balaban J connectivity index is 2.03. The number of ether oxygens (including phenoxy) is 1. The second kappa shape index (κ2) is 3.93. The lowest BCUT2D eigenvalue weighted by atomic mass is 10.1. The third kappa shape index (κ3) is 2.12. The highest BCUT2D eigenvalue weighted by atomic mass is 16.5. The molecule has 1 aliphatic carbocycles. The van der Waals surface area contributed by atoms with Gasteiger partial charge in [-0.15, -0.1) is 0 Å². The van der Waals surface area contributed by atoms with Crippen molar-refractivity contribution < 1.29 is 14.6 Å². The molecule has 15 heavy (non-hydrogen) atoms. The standard InChI is InChI=1S/C12H14O3/c1-2-15-9-5-3-8(4-6-9)10-7-11(10)12(13)14/h3-6,10-11H,2,7H2,1H3,(H,13,14)/t10-,11+/m1/s1. The van der Waals surface area contributed by atoms with Crippen molar-refractivity contribution in [1.29, 1.82) is 0 Å². The van der Waals surface area contributed by atoms with Crippen LogP contribution >= 0.6 is 0 Å². The molecule has 1 saturated carbocycles. The summed E-state index contributed by atoms with van der Waals surface area (Å²) in [6.07, 6.45) is 0.767. The monoisotopic (exact) mass is 206 g/mol. The Kier molecular flexibility index (Phi) is 2.62. The molecule has 1 N–H and O–H groups in total. The predicted octanol–water partition coefficient (Wildman–Crippen LogP) is 2.27. The number of hydrogen-bond acceptors (Lipinski definition) is 2. The molecular weight excluding hydrogens is 192 g/mol. The summed E-state index contributed by atoms with van der Waals surface area (Å²) < 4.78 is 5.32. The van der Waals surface area contributed by atoms with Crippen molar-refractivity contribution in [3.8, 4) is 5.75 Å². The highest BCUT2D eigenvalue weighted by molar-refractivity contribution is 5.75. The van der Waals surface area contributed by atoms with E-state index in [1.54, 1.807) is 0 Å². The van der Waals surface area contributed by atoms with Crippen molar-refractivity contribution >= 4 is 5.97 Å². The largest absolute Gasteiger partial charge is 0.494 e. The zero-order valence-electron chi connectivity index (χ0n) is 8.64. The molecular formula is C12H14O3. The molecule has 1 aromatic rings. The smallest absolute Gasteiger partial charge is 0.307 e. The van der Waals surface area contributed by atoms with Gasteiger partial charge in [-0.3, -0.25) is 4.79 Å². The predicted molar refractivity (Wildman–Crippen MR) is 56.1 cm³/mol. The van der Waals surface area contributed by atoms with E-state index in [-0.39, 0.29) is 11.8 Å². The minimum Gasteiger partial charge on any atom is -0.494 e. The lowest BCUT2D eigenvalue weighted by molar-refractivity contribution is -0.138. The molecule has 0 amide bonds. The first kappa shape index (κ1) is 10.0. The van der Waals surface area contributed by atoms with Gasteiger partial charge in [-0.25, -0.2) is 0 Å². The van der Waals surface area contributed by atoms with Crippen molar-refractivity contribution in [1.82, 2.24) is 0 Å². The Bertz CT molecular complexity index is 356. The Morgan fingerprint density at radius 3 is 2.60 bits per heavy atom. The summed E-state index contributed by atoms with van der Waals surface area (Å²) in [7, 11) is 0. The zero-order valence-corrected chi connectivity index (χ0v) is 8.64. The van der Waals surface area contributed by atoms with E-state index >= 15 is 0 Å². The number of benzene rings is 1. The quantitative estimate of drug-likeness (QED) is 0.822. The van der Waals surface area contributed by atoms with Gasteiger partial charge in [-0.2, -0.15) is 0 Å². The van der Waals surface area contributed by atoms with Gasteiger partial charge in [-0.05, 0) is 37.0 Å². The summed E-state index contributed by atoms with van der Waals surface area (Å²) in [6, 6.07) is 7.71. The van der Waals surface area contributed by atoms with Gasteiger partial charge in [0.1, 0.15) is 5.75 Å². The van der Waals surface area contributed by atoms with Crippen molar-refractivity contribution in [3.63, 3.8) is 0 Å². The van der Waals surface area contributed by atoms with Gasteiger partial charge in [0.2, 0.25) is 0 Å². The van der Waals surface area contributed by atoms with Crippen molar-refractivity contribution in [2.75, 3.05) is 6.61 Å². The SMILES string of the molecule is CCOc1ccc([C@H]2C[C@@H]2C(=O)O)cc1. The van der Waals surface area contributed by atoms with E-state index in [1.807, 2.05) is 31.2 Å². The van der Waals surface area contributed by atoms with Gasteiger partial charge in [-0.1, -0.05) is 12.1 Å². The fourth-order valence-corrected chi connectivity index (χ4v) is 1.81. The van der Waals surface area contributed by atoms with Gasteiger partial charge in [0.15, 0.2) is 0 Å². The van der Waals surface area contributed by atoms with Crippen LogP contribution in [0.3, 0.4) is 0 Å². The van der Waals surface area contributed by atoms with Gasteiger partial charge in [0, 0.05) is 0 Å². The molecule has 0 spiro atoms. The van der Waals surface area contributed by atoms with Crippen molar-refractivity contribution in [2.24, 2.45) is 5.92 Å². The summed E-state index contributed by atoms with van der Waals surface area (Å²) in [5.41, 5.74) is 1.10. The highest BCUT2D eigenvalue weighted by Gasteiger charge is 2.43. The van der Waals surface area contributed by atoms with E-state index in [0.717, 1.165) is 17.7 Å². The van der Waals surface area contributed by atoms with Crippen LogP contribution in [-0.4, -0.2) is 17.7 Å². The number of hydrogen-bond donors (Lipinski definition) is 1. The van der Waals surface area contributed by atoms with Crippen LogP contribution < -0.4 is 4.74 Å². The molecule has 2 rings (SSSR count). The van der Waals surface area contributed by atoms with E-state index in [9.17, 15) is 4.79 Å². The second-order valence-corrected chi connectivity index (χ2v) is 3.79. The van der Waals surface area contributed by atoms with Crippen molar-refractivity contribution in [2.45, 2.75) is 19.3 Å². The van der Waals surface area contributed by atoms with Crippen LogP contribution in [0.15, 0.2) is 24.3 Å². The van der Waals surface area contributed by atoms with Gasteiger partial charge in [0.05, 0.1) is 12.5 Å². The highest BCUT2D eigenvalue weighted by Crippen LogP contribution is 2.47. The molecule has 1 aromatic carbocycles. The fraction of sp³-hybridized carbons (Fsp3) is 0.417. The van der Waals surface area contributed by atoms with Crippen LogP contribution in [0.2, 0.25) is 0 Å². The molecule has 1 aliphatic rings. The van der Waals surface area contributed by atoms with Crippen LogP contribution in [0, 0.1) is 5.92 Å². The normalized spacial score (nSPS) is 23.5. The van der Waals surface area contributed by atoms with Crippen LogP contribution in [0.25, 0.3) is 0 Å². The number of carboxylic acid groups (broad SMARTS) is 1. The summed E-state index contributed by atoms with van der Waals surface area (Å²) in [5, 5.41) is 8.80. The van der Waals surface area contributed by atoms with Gasteiger partial charge in [0.25, 0.3) is 0 Å². The summed E-state index contributed by atoms with van der Waals surface area (Å²) >= 11 is 0. The molecule has 0 heterocycles. The number of carboxylic acids is 1. The van der Waals surface area contributed by atoms with E-state index in [2.05, 4.69) is 0 Å². The maximum absolute atomic E-state index is 10.7. The molecule has 0 unspecified atom stereocenters. The van der Waals surface area contributed by atoms with E-state index in [4.69, 9.17) is 9.84 Å². The molecule has 2 atom stereocenters. The first-order chi connectivity index (χ1) is 7.22. The lowest BCUT2D eigenvalue weighted by Crippen LogP contribution is -1.99. The van der Waals surface area contributed by atoms with Crippen LogP contribution in [0.1, 0.15) is 24.8 Å². The molecule has 0 radical (unpaired) electrons. The molecule has 3 heteroatoms. The van der Waals surface area contributed by atoms with Gasteiger partial charge < -0.3 is 9.84 Å². The molecule has 0 bridgehead atoms. The molecule has 0 aromatic heterocycles. The number of carbonyl (C=O) groups is 1. The summed E-state index contributed by atoms with van der Waals surface area (Å²) in [6.45, 7) is 2.59. The summed E-state index contributed by atoms with van der Waals surface area (Å²) in [5.74, 6) is 0.184. The minimum absolute atomic E-state index is 0.178. The maximum Gasteiger partial charge on any atom is 0.307 e. The van der Waals surface area contributed by atoms with E-state index < -0.39 is 5.97 Å². The first-order valence-electron chi connectivity index (χ1n) is 5.18. The third-order valence-corrected chi connectivity index (χ3v) is 2.73. The average molecular weight is 206 g/mol. The Morgan fingerprint density at radius 1 is 1.47 bits per heavy atom. The number of rotatable bonds is 4. The van der Waals surface area contributed by atoms with Crippen LogP contribution in [-0.2, 0) is 4.79 Å². The first-order valence-corrected chi connectivity index (χ1v) is 5.18. The Morgan fingerprint density at radius 2 is 2.13 bits per heavy atom. The lowest BCUT2D eigenvalue weighted by Gasteiger charge is -2.03. The third-order valence-electron chi connectivity index (χ3n) is 2.73. The topological polar surface area (TPSA) is 46.5 Å². The van der Waals surface area contributed by atoms with E-state index in [1.165, 1.54) is 0 Å². The summed E-state index contributed by atoms with van der Waals surface area (Å²) in [4.78, 5) is 10.7. The average Bonchev–Trinajstić information content (AvgIpc) is 2.99. The minimum atomic E-state index is -0.686. The van der Waals surface area contributed by atoms with E-state index in [0.29, 0.717) is 6.61 Å². The second-order valence-electron chi connectivity index (χ2n) is 3.79. The molecule has 3 nitrogen and oxygen atoms in total. The Labute approximate surface area is 88.7 Å². The molecule has 80 valence electrons. The molecule has 0 aliphatic heterocycles.